The molecule has 2 nitrogen and oxygen atoms in total. The van der Waals surface area contributed by atoms with Crippen LogP contribution in [0.2, 0.25) is 0 Å². The Morgan fingerprint density at radius 3 is 2.65 bits per heavy atom. The summed E-state index contributed by atoms with van der Waals surface area (Å²) in [4.78, 5) is 0.983. The molecule has 0 atom stereocenters. The van der Waals surface area contributed by atoms with Crippen LogP contribution >= 0.6 is 11.8 Å². The molecule has 2 rings (SSSR count). The van der Waals surface area contributed by atoms with Crippen molar-refractivity contribution in [3.8, 4) is 11.5 Å². The zero-order chi connectivity index (χ0) is 12.3. The van der Waals surface area contributed by atoms with Gasteiger partial charge in [-0.1, -0.05) is 12.1 Å². The number of nitrogens with two attached hydrogens (primary N) is 1. The van der Waals surface area contributed by atoms with Gasteiger partial charge in [0.05, 0.1) is 5.69 Å². The molecule has 0 unspecified atom stereocenters. The van der Waals surface area contributed by atoms with Crippen molar-refractivity contribution in [3.05, 3.63) is 48.3 Å². The predicted molar refractivity (Wildman–Crippen MR) is 69.1 cm³/mol. The second kappa shape index (κ2) is 5.10. The summed E-state index contributed by atoms with van der Waals surface area (Å²) in [6.07, 6.45) is 1.96. The second-order valence-corrected chi connectivity index (χ2v) is 4.28. The fraction of sp³-hybridized carbons (Fsp3) is 0.0769. The van der Waals surface area contributed by atoms with Crippen LogP contribution in [-0.2, 0) is 0 Å². The zero-order valence-electron chi connectivity index (χ0n) is 9.31. The molecule has 0 amide bonds. The topological polar surface area (TPSA) is 35.2 Å². The van der Waals surface area contributed by atoms with Crippen LogP contribution in [0.25, 0.3) is 0 Å². The molecular weight excluding hydrogens is 237 g/mol. The Bertz CT molecular complexity index is 531. The normalized spacial score (nSPS) is 10.2. The lowest BCUT2D eigenvalue weighted by Crippen LogP contribution is -1.93. The molecule has 4 heteroatoms. The van der Waals surface area contributed by atoms with E-state index < -0.39 is 0 Å². The van der Waals surface area contributed by atoms with Crippen LogP contribution in [0.3, 0.4) is 0 Å². The van der Waals surface area contributed by atoms with Gasteiger partial charge in [0.15, 0.2) is 5.75 Å². The third-order valence-corrected chi connectivity index (χ3v) is 3.04. The van der Waals surface area contributed by atoms with Crippen LogP contribution in [0.15, 0.2) is 47.4 Å². The molecule has 0 bridgehead atoms. The number of rotatable bonds is 3. The summed E-state index contributed by atoms with van der Waals surface area (Å²) in [5.41, 5.74) is 6.15. The number of benzene rings is 2. The highest BCUT2D eigenvalue weighted by atomic mass is 32.2. The van der Waals surface area contributed by atoms with E-state index in [1.165, 1.54) is 18.2 Å². The van der Waals surface area contributed by atoms with Crippen molar-refractivity contribution in [3.63, 3.8) is 0 Å². The minimum atomic E-state index is -0.365. The number of hydrogen-bond donors (Lipinski definition) is 1. The van der Waals surface area contributed by atoms with Crippen LogP contribution in [0.5, 0.6) is 11.5 Å². The molecule has 0 saturated carbocycles. The van der Waals surface area contributed by atoms with Crippen LogP contribution in [0, 0.1) is 5.82 Å². The predicted octanol–water partition coefficient (Wildman–Crippen LogP) is 3.92. The molecule has 0 aliphatic rings. The van der Waals surface area contributed by atoms with Crippen molar-refractivity contribution in [1.29, 1.82) is 0 Å². The van der Waals surface area contributed by atoms with E-state index >= 15 is 0 Å². The van der Waals surface area contributed by atoms with Crippen LogP contribution in [0.4, 0.5) is 10.1 Å². The molecule has 2 aromatic rings. The summed E-state index contributed by atoms with van der Waals surface area (Å²) >= 11 is 1.57. The molecule has 0 saturated heterocycles. The maximum atomic E-state index is 13.1. The van der Waals surface area contributed by atoms with Gasteiger partial charge in [0.1, 0.15) is 11.6 Å². The number of halogens is 1. The van der Waals surface area contributed by atoms with E-state index in [1.54, 1.807) is 11.8 Å². The van der Waals surface area contributed by atoms with Gasteiger partial charge in [0, 0.05) is 11.0 Å². The SMILES string of the molecule is CSc1ccccc1Oc1cc(F)ccc1N. The fourth-order valence-corrected chi connectivity index (χ4v) is 1.94. The van der Waals surface area contributed by atoms with Gasteiger partial charge in [0.2, 0.25) is 0 Å². The lowest BCUT2D eigenvalue weighted by molar-refractivity contribution is 0.468. The summed E-state index contributed by atoms with van der Waals surface area (Å²) in [5, 5.41) is 0. The van der Waals surface area contributed by atoms with Gasteiger partial charge in [-0.15, -0.1) is 11.8 Å². The number of ether oxygens (including phenoxy) is 1. The molecule has 0 aliphatic heterocycles. The van der Waals surface area contributed by atoms with E-state index in [-0.39, 0.29) is 5.82 Å². The Hall–Kier alpha value is -1.68. The van der Waals surface area contributed by atoms with Crippen LogP contribution in [0.1, 0.15) is 0 Å². The maximum Gasteiger partial charge on any atom is 0.153 e. The minimum absolute atomic E-state index is 0.339. The Balaban J connectivity index is 2.34. The number of hydrogen-bond acceptors (Lipinski definition) is 3. The molecule has 0 spiro atoms. The molecule has 2 aromatic carbocycles. The van der Waals surface area contributed by atoms with Crippen molar-refractivity contribution >= 4 is 17.4 Å². The Morgan fingerprint density at radius 1 is 1.12 bits per heavy atom. The Labute approximate surface area is 104 Å². The first-order valence-corrected chi connectivity index (χ1v) is 6.29. The summed E-state index contributed by atoms with van der Waals surface area (Å²) in [6, 6.07) is 11.6. The van der Waals surface area contributed by atoms with E-state index in [0.717, 1.165) is 4.90 Å². The molecule has 0 heterocycles. The van der Waals surface area contributed by atoms with Crippen LogP contribution in [-0.4, -0.2) is 6.26 Å². The van der Waals surface area contributed by atoms with E-state index in [0.29, 0.717) is 17.2 Å². The van der Waals surface area contributed by atoms with E-state index in [9.17, 15) is 4.39 Å². The lowest BCUT2D eigenvalue weighted by Gasteiger charge is -2.11. The standard InChI is InChI=1S/C13H12FNOS/c1-17-13-5-3-2-4-11(13)16-12-8-9(14)6-7-10(12)15/h2-8H,15H2,1H3. The van der Waals surface area contributed by atoms with Crippen LogP contribution < -0.4 is 10.5 Å². The quantitative estimate of drug-likeness (QED) is 0.661. The average Bonchev–Trinajstić information content (AvgIpc) is 2.34. The molecule has 0 fully saturated rings. The van der Waals surface area contributed by atoms with Gasteiger partial charge in [-0.3, -0.25) is 0 Å². The number of nitrogen functional groups attached to an aromatic ring is 1. The van der Waals surface area contributed by atoms with E-state index in [2.05, 4.69) is 0 Å². The van der Waals surface area contributed by atoms with Crippen molar-refractivity contribution in [2.45, 2.75) is 4.90 Å². The molecule has 0 radical (unpaired) electrons. The number of para-hydroxylation sites is 1. The van der Waals surface area contributed by atoms with Crippen molar-refractivity contribution in [2.75, 3.05) is 12.0 Å². The molecule has 88 valence electrons. The molecule has 17 heavy (non-hydrogen) atoms. The maximum absolute atomic E-state index is 13.1. The van der Waals surface area contributed by atoms with Gasteiger partial charge in [0.25, 0.3) is 0 Å². The zero-order valence-corrected chi connectivity index (χ0v) is 10.1. The van der Waals surface area contributed by atoms with Crippen molar-refractivity contribution in [2.24, 2.45) is 0 Å². The van der Waals surface area contributed by atoms with E-state index in [4.69, 9.17) is 10.5 Å². The van der Waals surface area contributed by atoms with Gasteiger partial charge in [-0.05, 0) is 30.5 Å². The minimum Gasteiger partial charge on any atom is -0.454 e. The van der Waals surface area contributed by atoms with Crippen molar-refractivity contribution in [1.82, 2.24) is 0 Å². The number of thioether (sulfide) groups is 1. The van der Waals surface area contributed by atoms with Gasteiger partial charge >= 0.3 is 0 Å². The molecule has 0 aromatic heterocycles. The molecule has 2 N–H and O–H groups in total. The third-order valence-electron chi connectivity index (χ3n) is 2.26. The highest BCUT2D eigenvalue weighted by molar-refractivity contribution is 7.98. The average molecular weight is 249 g/mol. The lowest BCUT2D eigenvalue weighted by atomic mass is 10.3. The monoisotopic (exact) mass is 249 g/mol. The smallest absolute Gasteiger partial charge is 0.153 e. The van der Waals surface area contributed by atoms with Crippen molar-refractivity contribution < 1.29 is 9.13 Å². The molecular formula is C13H12FNOS. The highest BCUT2D eigenvalue weighted by Crippen LogP contribution is 2.33. The first kappa shape index (κ1) is 11.8. The third kappa shape index (κ3) is 2.71. The fourth-order valence-electron chi connectivity index (χ4n) is 1.42. The summed E-state index contributed by atoms with van der Waals surface area (Å²) < 4.78 is 18.7. The summed E-state index contributed by atoms with van der Waals surface area (Å²) in [6.45, 7) is 0. The first-order chi connectivity index (χ1) is 8.20. The van der Waals surface area contributed by atoms with E-state index in [1.807, 2.05) is 30.5 Å². The highest BCUT2D eigenvalue weighted by Gasteiger charge is 2.07. The molecule has 0 aliphatic carbocycles. The Morgan fingerprint density at radius 2 is 1.88 bits per heavy atom. The second-order valence-electron chi connectivity index (χ2n) is 3.44. The van der Waals surface area contributed by atoms with Gasteiger partial charge < -0.3 is 10.5 Å². The van der Waals surface area contributed by atoms with Gasteiger partial charge in [-0.2, -0.15) is 0 Å². The Kier molecular flexibility index (Phi) is 3.54. The summed E-state index contributed by atoms with van der Waals surface area (Å²) in [5.74, 6) is 0.652. The summed E-state index contributed by atoms with van der Waals surface area (Å²) in [7, 11) is 0. The largest absolute Gasteiger partial charge is 0.454 e. The first-order valence-electron chi connectivity index (χ1n) is 5.06. The number of anilines is 1. The van der Waals surface area contributed by atoms with Gasteiger partial charge in [-0.25, -0.2) is 4.39 Å².